The molecule has 0 saturated carbocycles. The van der Waals surface area contributed by atoms with Gasteiger partial charge in [0, 0.05) is 0 Å². The van der Waals surface area contributed by atoms with Gasteiger partial charge in [0.15, 0.2) is 0 Å². The van der Waals surface area contributed by atoms with Crippen LogP contribution in [0.2, 0.25) is 0 Å². The fourth-order valence-electron chi connectivity index (χ4n) is 2.14. The number of amides is 1. The number of nitrogens with one attached hydrogen (secondary N) is 2. The lowest BCUT2D eigenvalue weighted by Gasteiger charge is -2.13. The number of sulfonamides is 1. The molecular weight excluding hydrogens is 331 g/mol. The molecule has 2 aromatic carbocycles. The minimum atomic E-state index is -3.92. The summed E-state index contributed by atoms with van der Waals surface area (Å²) in [6, 6.07) is 10.7. The first-order chi connectivity index (χ1) is 11.2. The summed E-state index contributed by atoms with van der Waals surface area (Å²) in [5, 5.41) is 0. The van der Waals surface area contributed by atoms with E-state index in [1.165, 1.54) is 18.2 Å². The highest BCUT2D eigenvalue weighted by atomic mass is 32.2. The average Bonchev–Trinajstić information content (AvgIpc) is 2.55. The Morgan fingerprint density at radius 2 is 1.75 bits per heavy atom. The monoisotopic (exact) mass is 350 g/mol. The number of hydrogen-bond acceptors (Lipinski definition) is 3. The molecule has 0 aliphatic rings. The van der Waals surface area contributed by atoms with Gasteiger partial charge in [0.2, 0.25) is 0 Å². The van der Waals surface area contributed by atoms with Gasteiger partial charge in [0.1, 0.15) is 5.82 Å². The molecule has 0 atom stereocenters. The zero-order valence-corrected chi connectivity index (χ0v) is 14.4. The van der Waals surface area contributed by atoms with Crippen LogP contribution in [0.5, 0.6) is 0 Å². The highest BCUT2D eigenvalue weighted by Gasteiger charge is 2.19. The van der Waals surface area contributed by atoms with E-state index in [-0.39, 0.29) is 16.4 Å². The van der Waals surface area contributed by atoms with Gasteiger partial charge in [-0.3, -0.25) is 10.2 Å². The molecule has 2 rings (SSSR count). The van der Waals surface area contributed by atoms with Crippen molar-refractivity contribution in [3.8, 4) is 0 Å². The van der Waals surface area contributed by atoms with Gasteiger partial charge in [0.05, 0.1) is 10.5 Å². The number of carbonyl (C=O) groups excluding carboxylic acids is 1. The molecule has 1 amide bonds. The van der Waals surface area contributed by atoms with E-state index >= 15 is 0 Å². The molecule has 0 unspecified atom stereocenters. The van der Waals surface area contributed by atoms with Gasteiger partial charge in [0.25, 0.3) is 15.9 Å². The largest absolute Gasteiger partial charge is 0.273 e. The summed E-state index contributed by atoms with van der Waals surface area (Å²) >= 11 is 0. The van der Waals surface area contributed by atoms with Gasteiger partial charge in [-0.05, 0) is 42.2 Å². The van der Waals surface area contributed by atoms with Crippen molar-refractivity contribution in [3.63, 3.8) is 0 Å². The fraction of sp³-hybridized carbons (Fsp3) is 0.235. The third-order valence-electron chi connectivity index (χ3n) is 3.54. The smallest absolute Gasteiger partial charge is 0.269 e. The maximum atomic E-state index is 14.2. The topological polar surface area (TPSA) is 75.3 Å². The Morgan fingerprint density at radius 1 is 1.12 bits per heavy atom. The van der Waals surface area contributed by atoms with Crippen LogP contribution in [0, 0.1) is 12.7 Å². The van der Waals surface area contributed by atoms with E-state index in [0.29, 0.717) is 5.56 Å². The molecule has 0 heterocycles. The van der Waals surface area contributed by atoms with Crippen molar-refractivity contribution in [1.29, 1.82) is 0 Å². The maximum Gasteiger partial charge on any atom is 0.269 e. The van der Waals surface area contributed by atoms with E-state index in [9.17, 15) is 17.6 Å². The van der Waals surface area contributed by atoms with Crippen LogP contribution < -0.4 is 10.3 Å². The van der Waals surface area contributed by atoms with Crippen LogP contribution in [0.25, 0.3) is 0 Å². The maximum absolute atomic E-state index is 14.2. The first-order valence-electron chi connectivity index (χ1n) is 7.39. The number of benzene rings is 2. The molecule has 2 aromatic rings. The molecule has 0 spiro atoms. The quantitative estimate of drug-likeness (QED) is 0.814. The normalized spacial score (nSPS) is 11.5. The van der Waals surface area contributed by atoms with E-state index in [1.54, 1.807) is 31.2 Å². The highest BCUT2D eigenvalue weighted by Crippen LogP contribution is 2.21. The Bertz CT molecular complexity index is 850. The molecule has 0 radical (unpaired) electrons. The van der Waals surface area contributed by atoms with Crippen molar-refractivity contribution in [2.45, 2.75) is 31.6 Å². The van der Waals surface area contributed by atoms with E-state index in [0.717, 1.165) is 5.56 Å². The zero-order valence-electron chi connectivity index (χ0n) is 13.6. The summed E-state index contributed by atoms with van der Waals surface area (Å²) in [6.45, 7) is 5.41. The Balaban J connectivity index is 2.22. The van der Waals surface area contributed by atoms with Crippen LogP contribution in [-0.4, -0.2) is 14.3 Å². The minimum absolute atomic E-state index is 0.00196. The van der Waals surface area contributed by atoms with Crippen molar-refractivity contribution < 1.29 is 17.6 Å². The minimum Gasteiger partial charge on any atom is -0.273 e. The van der Waals surface area contributed by atoms with Crippen molar-refractivity contribution in [2.24, 2.45) is 0 Å². The second kappa shape index (κ2) is 7.11. The van der Waals surface area contributed by atoms with Gasteiger partial charge in [-0.2, -0.15) is 0 Å². The SMILES string of the molecule is Cc1cc(C(C)C)cc(C(=O)NNS(=O)(=O)c2ccccc2)c1F. The molecule has 0 aliphatic carbocycles. The number of rotatable bonds is 5. The Kier molecular flexibility index (Phi) is 5.36. The second-order valence-electron chi connectivity index (χ2n) is 5.73. The summed E-state index contributed by atoms with van der Waals surface area (Å²) in [4.78, 5) is 14.2. The molecule has 0 bridgehead atoms. The Hall–Kier alpha value is -2.25. The first-order valence-corrected chi connectivity index (χ1v) is 8.88. The fourth-order valence-corrected chi connectivity index (χ4v) is 3.00. The van der Waals surface area contributed by atoms with Gasteiger partial charge in [-0.25, -0.2) is 12.8 Å². The van der Waals surface area contributed by atoms with Crippen LogP contribution in [0.3, 0.4) is 0 Å². The number of hydrazine groups is 1. The first kappa shape index (κ1) is 18.1. The van der Waals surface area contributed by atoms with Gasteiger partial charge < -0.3 is 0 Å². The van der Waals surface area contributed by atoms with E-state index in [1.807, 2.05) is 18.7 Å². The zero-order chi connectivity index (χ0) is 17.9. The molecule has 5 nitrogen and oxygen atoms in total. The number of carbonyl (C=O) groups is 1. The summed E-state index contributed by atoms with van der Waals surface area (Å²) in [5.74, 6) is -1.41. The van der Waals surface area contributed by atoms with Crippen molar-refractivity contribution >= 4 is 15.9 Å². The van der Waals surface area contributed by atoms with Crippen LogP contribution in [0.15, 0.2) is 47.4 Å². The molecule has 0 fully saturated rings. The second-order valence-corrected chi connectivity index (χ2v) is 7.41. The lowest BCUT2D eigenvalue weighted by atomic mass is 9.97. The number of aryl methyl sites for hydroxylation is 1. The van der Waals surface area contributed by atoms with Gasteiger partial charge >= 0.3 is 0 Å². The molecular formula is C17H19FN2O3S. The van der Waals surface area contributed by atoms with Crippen LogP contribution in [0.1, 0.15) is 41.3 Å². The lowest BCUT2D eigenvalue weighted by molar-refractivity contribution is 0.0940. The van der Waals surface area contributed by atoms with E-state index < -0.39 is 21.7 Å². The lowest BCUT2D eigenvalue weighted by Crippen LogP contribution is -2.41. The summed E-state index contributed by atoms with van der Waals surface area (Å²) in [7, 11) is -3.92. The summed E-state index contributed by atoms with van der Waals surface area (Å²) in [6.07, 6.45) is 0. The van der Waals surface area contributed by atoms with E-state index in [4.69, 9.17) is 0 Å². The van der Waals surface area contributed by atoms with E-state index in [2.05, 4.69) is 5.43 Å². The number of hydrogen-bond donors (Lipinski definition) is 2. The standard InChI is InChI=1S/C17H19FN2O3S/c1-11(2)13-9-12(3)16(18)15(10-13)17(21)19-20-24(22,23)14-7-5-4-6-8-14/h4-11,20H,1-3H3,(H,19,21). The van der Waals surface area contributed by atoms with Gasteiger partial charge in [-0.1, -0.05) is 38.1 Å². The Labute approximate surface area is 140 Å². The molecule has 0 saturated heterocycles. The summed E-state index contributed by atoms with van der Waals surface area (Å²) < 4.78 is 38.4. The van der Waals surface area contributed by atoms with Crippen LogP contribution >= 0.6 is 0 Å². The molecule has 24 heavy (non-hydrogen) atoms. The van der Waals surface area contributed by atoms with Gasteiger partial charge in [-0.15, -0.1) is 4.83 Å². The van der Waals surface area contributed by atoms with Crippen LogP contribution in [-0.2, 0) is 10.0 Å². The molecule has 0 aliphatic heterocycles. The predicted molar refractivity (Wildman–Crippen MR) is 89.5 cm³/mol. The predicted octanol–water partition coefficient (Wildman–Crippen LogP) is 2.88. The van der Waals surface area contributed by atoms with Crippen molar-refractivity contribution in [2.75, 3.05) is 0 Å². The van der Waals surface area contributed by atoms with Crippen LogP contribution in [0.4, 0.5) is 4.39 Å². The highest BCUT2D eigenvalue weighted by molar-refractivity contribution is 7.89. The number of halogens is 1. The molecule has 2 N–H and O–H groups in total. The van der Waals surface area contributed by atoms with Crippen molar-refractivity contribution in [1.82, 2.24) is 10.3 Å². The average molecular weight is 350 g/mol. The Morgan fingerprint density at radius 3 is 2.33 bits per heavy atom. The summed E-state index contributed by atoms with van der Waals surface area (Å²) in [5.41, 5.74) is 2.98. The van der Waals surface area contributed by atoms with Crippen molar-refractivity contribution in [3.05, 3.63) is 65.0 Å². The third-order valence-corrected chi connectivity index (χ3v) is 4.80. The molecule has 0 aromatic heterocycles. The molecule has 128 valence electrons. The third kappa shape index (κ3) is 3.98. The molecule has 7 heteroatoms.